The normalized spacial score (nSPS) is 25.8. The van der Waals surface area contributed by atoms with Crippen LogP contribution in [0.2, 0.25) is 0 Å². The van der Waals surface area contributed by atoms with Crippen molar-refractivity contribution in [2.75, 3.05) is 11.5 Å². The highest BCUT2D eigenvalue weighted by atomic mass is 79.9. The summed E-state index contributed by atoms with van der Waals surface area (Å²) in [5.41, 5.74) is 0. The van der Waals surface area contributed by atoms with Gasteiger partial charge in [-0.25, -0.2) is 8.42 Å². The molecule has 0 spiro atoms. The highest BCUT2D eigenvalue weighted by Gasteiger charge is 2.34. The monoisotopic (exact) mass is 450 g/mol. The van der Waals surface area contributed by atoms with Gasteiger partial charge in [-0.2, -0.15) is 0 Å². The molecular weight excluding hydrogens is 444 g/mol. The van der Waals surface area contributed by atoms with Gasteiger partial charge in [0.15, 0.2) is 9.84 Å². The number of rotatable bonds is 2. The van der Waals surface area contributed by atoms with Crippen molar-refractivity contribution >= 4 is 69.0 Å². The minimum atomic E-state index is -2.80. The summed E-state index contributed by atoms with van der Waals surface area (Å²) in [4.78, 5) is 1.30. The van der Waals surface area contributed by atoms with Crippen molar-refractivity contribution in [1.82, 2.24) is 0 Å². The third-order valence-corrected chi connectivity index (χ3v) is 9.29. The molecule has 0 aliphatic carbocycles. The number of alkyl halides is 1. The molecule has 0 bridgehead atoms. The zero-order chi connectivity index (χ0) is 11.9. The Morgan fingerprint density at radius 1 is 1.44 bits per heavy atom. The van der Waals surface area contributed by atoms with Gasteiger partial charge in [0, 0.05) is 9.35 Å². The van der Waals surface area contributed by atoms with Crippen molar-refractivity contribution in [3.63, 3.8) is 0 Å². The highest BCUT2D eigenvalue weighted by Crippen LogP contribution is 2.44. The first kappa shape index (κ1) is 13.5. The zero-order valence-electron chi connectivity index (χ0n) is 8.12. The van der Waals surface area contributed by atoms with E-state index in [1.807, 2.05) is 6.07 Å². The van der Waals surface area contributed by atoms with Gasteiger partial charge < -0.3 is 0 Å². The molecule has 1 aliphatic heterocycles. The van der Waals surface area contributed by atoms with Gasteiger partial charge in [-0.15, -0.1) is 11.3 Å². The Morgan fingerprint density at radius 2 is 2.12 bits per heavy atom. The number of thiophene rings is 1. The van der Waals surface area contributed by atoms with E-state index in [9.17, 15) is 8.42 Å². The summed E-state index contributed by atoms with van der Waals surface area (Å²) in [6.07, 6.45) is 0.755. The Bertz CT molecular complexity index is 475. The Labute approximate surface area is 124 Å². The Morgan fingerprint density at radius 3 is 2.56 bits per heavy atom. The first-order valence-corrected chi connectivity index (χ1v) is 9.82. The molecule has 1 fully saturated rings. The van der Waals surface area contributed by atoms with Gasteiger partial charge in [0.1, 0.15) is 0 Å². The molecule has 0 saturated carbocycles. The van der Waals surface area contributed by atoms with Gasteiger partial charge in [0.2, 0.25) is 0 Å². The van der Waals surface area contributed by atoms with Crippen LogP contribution < -0.4 is 0 Å². The maximum atomic E-state index is 11.4. The summed E-state index contributed by atoms with van der Waals surface area (Å²) in [6.45, 7) is 0. The lowest BCUT2D eigenvalue weighted by Crippen LogP contribution is -2.09. The molecular formula is C9H9Br3O2S2. The van der Waals surface area contributed by atoms with Gasteiger partial charge in [-0.3, -0.25) is 0 Å². The van der Waals surface area contributed by atoms with Crippen LogP contribution in [-0.4, -0.2) is 19.9 Å². The average Bonchev–Trinajstić information content (AvgIpc) is 2.70. The van der Waals surface area contributed by atoms with Crippen LogP contribution in [0.3, 0.4) is 0 Å². The van der Waals surface area contributed by atoms with Gasteiger partial charge in [0.05, 0.1) is 20.1 Å². The quantitative estimate of drug-likeness (QED) is 0.632. The average molecular weight is 453 g/mol. The van der Waals surface area contributed by atoms with E-state index >= 15 is 0 Å². The van der Waals surface area contributed by atoms with E-state index in [-0.39, 0.29) is 10.7 Å². The minimum absolute atomic E-state index is 0.136. The van der Waals surface area contributed by atoms with Gasteiger partial charge >= 0.3 is 0 Å². The van der Waals surface area contributed by atoms with E-state index < -0.39 is 9.84 Å². The molecule has 2 nitrogen and oxygen atoms in total. The molecule has 0 aromatic carbocycles. The van der Waals surface area contributed by atoms with Crippen LogP contribution in [0.4, 0.5) is 0 Å². The van der Waals surface area contributed by atoms with Crippen molar-refractivity contribution in [2.24, 2.45) is 5.92 Å². The van der Waals surface area contributed by atoms with Crippen molar-refractivity contribution in [3.05, 3.63) is 19.2 Å². The molecule has 16 heavy (non-hydrogen) atoms. The number of hydrogen-bond acceptors (Lipinski definition) is 3. The van der Waals surface area contributed by atoms with E-state index in [2.05, 4.69) is 47.8 Å². The van der Waals surface area contributed by atoms with Crippen LogP contribution in [0, 0.1) is 5.92 Å². The molecule has 2 heterocycles. The van der Waals surface area contributed by atoms with E-state index in [1.165, 1.54) is 4.88 Å². The zero-order valence-corrected chi connectivity index (χ0v) is 14.5. The predicted octanol–water partition coefficient (Wildman–Crippen LogP) is 4.14. The van der Waals surface area contributed by atoms with Crippen LogP contribution in [-0.2, 0) is 9.84 Å². The van der Waals surface area contributed by atoms with E-state index in [0.717, 1.165) is 14.7 Å². The first-order valence-electron chi connectivity index (χ1n) is 4.68. The smallest absolute Gasteiger partial charge is 0.150 e. The summed E-state index contributed by atoms with van der Waals surface area (Å²) in [5.74, 6) is 0.825. The maximum absolute atomic E-state index is 11.4. The van der Waals surface area contributed by atoms with Gasteiger partial charge in [-0.05, 0) is 50.3 Å². The van der Waals surface area contributed by atoms with Gasteiger partial charge in [0.25, 0.3) is 0 Å². The van der Waals surface area contributed by atoms with Crippen LogP contribution in [0.25, 0.3) is 0 Å². The Kier molecular flexibility index (Phi) is 4.22. The van der Waals surface area contributed by atoms with E-state index in [1.54, 1.807) is 11.3 Å². The lowest BCUT2D eigenvalue weighted by atomic mass is 10.0. The molecule has 1 aromatic heterocycles. The fraction of sp³-hybridized carbons (Fsp3) is 0.556. The Balaban J connectivity index is 2.17. The molecule has 0 N–H and O–H groups in total. The third-order valence-electron chi connectivity index (χ3n) is 2.62. The topological polar surface area (TPSA) is 34.1 Å². The first-order chi connectivity index (χ1) is 7.39. The molecule has 2 unspecified atom stereocenters. The van der Waals surface area contributed by atoms with Crippen LogP contribution in [0.5, 0.6) is 0 Å². The molecule has 2 atom stereocenters. The second-order valence-electron chi connectivity index (χ2n) is 3.84. The second kappa shape index (κ2) is 4.99. The number of hydrogen-bond donors (Lipinski definition) is 0. The largest absolute Gasteiger partial charge is 0.229 e. The molecule has 7 heteroatoms. The Hall–Kier alpha value is 1.09. The van der Waals surface area contributed by atoms with Crippen molar-refractivity contribution in [2.45, 2.75) is 11.2 Å². The fourth-order valence-corrected chi connectivity index (χ4v) is 6.90. The van der Waals surface area contributed by atoms with Crippen LogP contribution in [0.1, 0.15) is 16.1 Å². The van der Waals surface area contributed by atoms with E-state index in [0.29, 0.717) is 11.5 Å². The minimum Gasteiger partial charge on any atom is -0.229 e. The van der Waals surface area contributed by atoms with Crippen LogP contribution >= 0.6 is 59.1 Å². The summed E-state index contributed by atoms with van der Waals surface area (Å²) in [5, 5.41) is 0. The number of halogens is 3. The van der Waals surface area contributed by atoms with E-state index in [4.69, 9.17) is 0 Å². The second-order valence-corrected chi connectivity index (χ2v) is 10.3. The standard InChI is InChI=1S/C9H9Br3O2S2/c10-6-3-7(15-9(6)12)8(11)5-1-2-16(13,14)4-5/h3,5,8H,1-2,4H2. The third kappa shape index (κ3) is 2.91. The summed E-state index contributed by atoms with van der Waals surface area (Å²) in [6, 6.07) is 2.04. The molecule has 0 amide bonds. The van der Waals surface area contributed by atoms with Crippen molar-refractivity contribution in [3.8, 4) is 0 Å². The van der Waals surface area contributed by atoms with Crippen LogP contribution in [0.15, 0.2) is 14.3 Å². The summed E-state index contributed by atoms with van der Waals surface area (Å²) in [7, 11) is -2.80. The summed E-state index contributed by atoms with van der Waals surface area (Å²) < 4.78 is 24.9. The van der Waals surface area contributed by atoms with Crippen molar-refractivity contribution in [1.29, 1.82) is 0 Å². The molecule has 1 saturated heterocycles. The highest BCUT2D eigenvalue weighted by molar-refractivity contribution is 9.13. The van der Waals surface area contributed by atoms with Crippen molar-refractivity contribution < 1.29 is 8.42 Å². The lowest BCUT2D eigenvalue weighted by Gasteiger charge is -2.13. The summed E-state index contributed by atoms with van der Waals surface area (Å²) >= 11 is 12.1. The SMILES string of the molecule is O=S1(=O)CCC(C(Br)c2cc(Br)c(Br)s2)C1. The van der Waals surface area contributed by atoms with Gasteiger partial charge in [-0.1, -0.05) is 15.9 Å². The number of sulfone groups is 1. The predicted molar refractivity (Wildman–Crippen MR) is 78.1 cm³/mol. The lowest BCUT2D eigenvalue weighted by molar-refractivity contribution is 0.583. The molecule has 1 aliphatic rings. The molecule has 0 radical (unpaired) electrons. The molecule has 90 valence electrons. The molecule has 2 rings (SSSR count). The molecule has 1 aromatic rings. The fourth-order valence-electron chi connectivity index (χ4n) is 1.79. The maximum Gasteiger partial charge on any atom is 0.150 e.